The maximum Gasteiger partial charge on any atom is 0.308 e. The molecule has 0 fully saturated rings. The first kappa shape index (κ1) is 16.7. The molecule has 0 aliphatic heterocycles. The van der Waals surface area contributed by atoms with Gasteiger partial charge in [0.2, 0.25) is 0 Å². The van der Waals surface area contributed by atoms with E-state index < -0.39 is 6.10 Å². The summed E-state index contributed by atoms with van der Waals surface area (Å²) in [4.78, 5) is 13.3. The molecule has 0 aliphatic carbocycles. The number of aliphatic hydroxyl groups is 1. The summed E-state index contributed by atoms with van der Waals surface area (Å²) in [5, 5.41) is 9.74. The number of likely N-dealkylation sites (N-methyl/N-ethyl adjacent to an activating group) is 1. The fourth-order valence-corrected chi connectivity index (χ4v) is 2.07. The van der Waals surface area contributed by atoms with Crippen LogP contribution in [0.5, 0.6) is 0 Å². The Hall–Kier alpha value is -0.260. The fraction of sp³-hybridized carbons (Fsp3) is 0.917. The number of carbonyl (C=O) groups excluding carboxylic acids is 1. The van der Waals surface area contributed by atoms with Gasteiger partial charge in [0.05, 0.1) is 19.1 Å². The molecule has 2 atom stereocenters. The Bertz CT molecular complexity index is 214. The molecule has 0 bridgehead atoms. The molecule has 0 aromatic carbocycles. The highest BCUT2D eigenvalue weighted by molar-refractivity contribution is 7.98. The number of ether oxygens (including phenoxy) is 1. The molecule has 5 heteroatoms. The molecule has 0 heterocycles. The number of hydrogen-bond donors (Lipinski definition) is 1. The predicted octanol–water partition coefficient (Wildman–Crippen LogP) is 1.37. The van der Waals surface area contributed by atoms with E-state index in [0.29, 0.717) is 19.2 Å². The van der Waals surface area contributed by atoms with Crippen molar-refractivity contribution in [1.82, 2.24) is 4.90 Å². The van der Waals surface area contributed by atoms with Crippen molar-refractivity contribution in [3.8, 4) is 0 Å². The summed E-state index contributed by atoms with van der Waals surface area (Å²) in [6.45, 7) is 4.77. The van der Waals surface area contributed by atoms with Crippen LogP contribution in [-0.4, -0.2) is 60.3 Å². The molecule has 0 radical (unpaired) electrons. The lowest BCUT2D eigenvalue weighted by molar-refractivity contribution is -0.145. The van der Waals surface area contributed by atoms with Gasteiger partial charge in [-0.1, -0.05) is 0 Å². The Morgan fingerprint density at radius 1 is 1.53 bits per heavy atom. The largest absolute Gasteiger partial charge is 0.466 e. The molecule has 0 aliphatic rings. The Morgan fingerprint density at radius 2 is 2.18 bits per heavy atom. The van der Waals surface area contributed by atoms with Crippen LogP contribution in [0.3, 0.4) is 0 Å². The van der Waals surface area contributed by atoms with Crippen LogP contribution in [0.2, 0.25) is 0 Å². The molecule has 17 heavy (non-hydrogen) atoms. The first-order valence-corrected chi connectivity index (χ1v) is 7.43. The van der Waals surface area contributed by atoms with Gasteiger partial charge in [-0.05, 0) is 39.3 Å². The minimum Gasteiger partial charge on any atom is -0.466 e. The molecule has 0 aromatic heterocycles. The smallest absolute Gasteiger partial charge is 0.308 e. The van der Waals surface area contributed by atoms with Gasteiger partial charge >= 0.3 is 5.97 Å². The lowest BCUT2D eigenvalue weighted by Crippen LogP contribution is -2.37. The summed E-state index contributed by atoms with van der Waals surface area (Å²) in [6.07, 6.45) is 2.61. The van der Waals surface area contributed by atoms with Crippen molar-refractivity contribution in [2.75, 3.05) is 32.2 Å². The molecule has 0 spiro atoms. The third-order valence-electron chi connectivity index (χ3n) is 2.70. The predicted molar refractivity (Wildman–Crippen MR) is 72.3 cm³/mol. The summed E-state index contributed by atoms with van der Waals surface area (Å²) in [5.41, 5.74) is 0. The maximum absolute atomic E-state index is 11.2. The molecule has 0 saturated heterocycles. The molecular formula is C12H25NO3S. The third-order valence-corrected chi connectivity index (χ3v) is 3.34. The van der Waals surface area contributed by atoms with E-state index in [1.54, 1.807) is 6.92 Å². The van der Waals surface area contributed by atoms with Crippen LogP contribution in [0.4, 0.5) is 0 Å². The molecule has 1 N–H and O–H groups in total. The lowest BCUT2D eigenvalue weighted by Gasteiger charge is -2.26. The highest BCUT2D eigenvalue weighted by atomic mass is 32.2. The summed E-state index contributed by atoms with van der Waals surface area (Å²) in [6, 6.07) is 0.416. The van der Waals surface area contributed by atoms with Gasteiger partial charge in [0, 0.05) is 12.6 Å². The van der Waals surface area contributed by atoms with Gasteiger partial charge in [-0.3, -0.25) is 4.79 Å². The Balaban J connectivity index is 3.85. The molecule has 0 amide bonds. The molecule has 2 unspecified atom stereocenters. The minimum atomic E-state index is -0.643. The normalized spacial score (nSPS) is 14.7. The minimum absolute atomic E-state index is 0.0768. The highest BCUT2D eigenvalue weighted by Gasteiger charge is 2.16. The van der Waals surface area contributed by atoms with Crippen molar-refractivity contribution in [2.45, 2.75) is 38.8 Å². The van der Waals surface area contributed by atoms with Crippen molar-refractivity contribution < 1.29 is 14.6 Å². The third kappa shape index (κ3) is 8.46. The van der Waals surface area contributed by atoms with E-state index in [2.05, 4.69) is 18.1 Å². The van der Waals surface area contributed by atoms with Crippen molar-refractivity contribution in [3.05, 3.63) is 0 Å². The average molecular weight is 263 g/mol. The van der Waals surface area contributed by atoms with Gasteiger partial charge in [0.1, 0.15) is 0 Å². The van der Waals surface area contributed by atoms with Crippen LogP contribution in [0, 0.1) is 0 Å². The van der Waals surface area contributed by atoms with Crippen LogP contribution in [0.25, 0.3) is 0 Å². The van der Waals surface area contributed by atoms with Crippen LogP contribution in [0.15, 0.2) is 0 Å². The SMILES string of the molecule is CCOC(=O)CC(O)CN(C)C(C)CCSC. The Kier molecular flexibility index (Phi) is 9.59. The molecule has 102 valence electrons. The standard InChI is InChI=1S/C12H25NO3S/c1-5-16-12(15)8-11(14)9-13(3)10(2)6-7-17-4/h10-11,14H,5-9H2,1-4H3. The summed E-state index contributed by atoms with van der Waals surface area (Å²) < 4.78 is 4.80. The zero-order valence-corrected chi connectivity index (χ0v) is 12.1. The second kappa shape index (κ2) is 9.74. The Morgan fingerprint density at radius 3 is 2.71 bits per heavy atom. The Labute approximate surface area is 109 Å². The number of thioether (sulfide) groups is 1. The van der Waals surface area contributed by atoms with Crippen LogP contribution < -0.4 is 0 Å². The van der Waals surface area contributed by atoms with Gasteiger partial charge in [-0.2, -0.15) is 11.8 Å². The quantitative estimate of drug-likeness (QED) is 0.637. The zero-order valence-electron chi connectivity index (χ0n) is 11.3. The fourth-order valence-electron chi connectivity index (χ4n) is 1.50. The molecular weight excluding hydrogens is 238 g/mol. The van der Waals surface area contributed by atoms with E-state index in [1.807, 2.05) is 18.8 Å². The van der Waals surface area contributed by atoms with E-state index in [4.69, 9.17) is 4.74 Å². The number of rotatable bonds is 9. The van der Waals surface area contributed by atoms with E-state index in [-0.39, 0.29) is 12.4 Å². The average Bonchev–Trinajstić information content (AvgIpc) is 2.25. The summed E-state index contributed by atoms with van der Waals surface area (Å²) >= 11 is 1.82. The van der Waals surface area contributed by atoms with Crippen LogP contribution >= 0.6 is 11.8 Å². The lowest BCUT2D eigenvalue weighted by atomic mass is 10.2. The second-order valence-corrected chi connectivity index (χ2v) is 5.22. The highest BCUT2D eigenvalue weighted by Crippen LogP contribution is 2.07. The van der Waals surface area contributed by atoms with E-state index in [9.17, 15) is 9.90 Å². The van der Waals surface area contributed by atoms with E-state index in [1.165, 1.54) is 0 Å². The van der Waals surface area contributed by atoms with Gasteiger partial charge in [0.25, 0.3) is 0 Å². The molecule has 0 rings (SSSR count). The van der Waals surface area contributed by atoms with Crippen LogP contribution in [0.1, 0.15) is 26.7 Å². The van der Waals surface area contributed by atoms with Crippen molar-refractivity contribution in [1.29, 1.82) is 0 Å². The molecule has 0 saturated carbocycles. The van der Waals surface area contributed by atoms with E-state index >= 15 is 0 Å². The maximum atomic E-state index is 11.2. The van der Waals surface area contributed by atoms with Crippen molar-refractivity contribution in [2.24, 2.45) is 0 Å². The molecule has 0 aromatic rings. The zero-order chi connectivity index (χ0) is 13.3. The number of hydrogen-bond acceptors (Lipinski definition) is 5. The number of carbonyl (C=O) groups is 1. The second-order valence-electron chi connectivity index (χ2n) is 4.23. The first-order chi connectivity index (χ1) is 8.01. The molecule has 4 nitrogen and oxygen atoms in total. The van der Waals surface area contributed by atoms with Gasteiger partial charge in [0.15, 0.2) is 0 Å². The van der Waals surface area contributed by atoms with Crippen LogP contribution in [-0.2, 0) is 9.53 Å². The van der Waals surface area contributed by atoms with Crippen molar-refractivity contribution in [3.63, 3.8) is 0 Å². The first-order valence-electron chi connectivity index (χ1n) is 6.04. The van der Waals surface area contributed by atoms with Gasteiger partial charge in [-0.25, -0.2) is 0 Å². The summed E-state index contributed by atoms with van der Waals surface area (Å²) in [7, 11) is 1.97. The van der Waals surface area contributed by atoms with Gasteiger partial charge < -0.3 is 14.7 Å². The van der Waals surface area contributed by atoms with Gasteiger partial charge in [-0.15, -0.1) is 0 Å². The van der Waals surface area contributed by atoms with E-state index in [0.717, 1.165) is 12.2 Å². The monoisotopic (exact) mass is 263 g/mol. The number of nitrogens with zero attached hydrogens (tertiary/aromatic N) is 1. The van der Waals surface area contributed by atoms with Crippen molar-refractivity contribution >= 4 is 17.7 Å². The number of esters is 1. The summed E-state index contributed by atoms with van der Waals surface area (Å²) in [5.74, 6) is 0.782. The number of aliphatic hydroxyl groups excluding tert-OH is 1. The topological polar surface area (TPSA) is 49.8 Å².